The number of fused-ring (bicyclic) bond motifs is 2. The number of carbonyl (C=O) groups excluding carboxylic acids is 17. The maximum Gasteiger partial charge on any atom is 0.312 e. The van der Waals surface area contributed by atoms with Gasteiger partial charge in [-0.15, -0.1) is 0 Å². The number of benzene rings is 4. The molecule has 6 rings (SSSR count). The van der Waals surface area contributed by atoms with Crippen LogP contribution < -0.4 is 114 Å². The van der Waals surface area contributed by atoms with Crippen LogP contribution in [-0.4, -0.2) is 243 Å². The standard InChI is InChI=1S/C84H121N21O20S2/c1-44-18-16-21-54-52(42-93-65(44)54)39-59-73(116)95-55(23-17-34-92-81(90)124)71(114)104-68(83(7,8)127-126-82(5,6)67(94-47(4)109)78(121)100-61(41-64(88)111)75(118)103-66(45(2)107)77(120)98-59)79(122)99-57(37-48-25-28-53(29-26-48)125-35-32-86)72(115)96-58(38-49-24-27-50-19-10-11-20-51(50)36-49)76(119)105-84(9,30-13-14-31-85)80(123)102-56(22-12-15-33-91-46(3)108)70(113)97-60(40-63(87)110)74(117)101-62(43-106)69(89)112/h10-11,16,18-21,24-29,36,42,45,55-62,66-68,93,106-107H,12-15,17,22-23,30-35,37-41,43,85-86H2,1-9H3,(H2,87,110)(H2,88,111)(H2,89,112)(H,91,108)(H,94,109)(H,95,116)(H,96,115)(H,97,113)(H,98,120)(H,99,122)(H,100,121)(H,101,117)(H,102,123)(H,103,118)(H,104,114)(H,105,119)(H3,90,92,124)/t45-,55+,56+,57+,58+,59+,60+,61+,62-,66+,67-,68-,84?/m1/s1. The maximum absolute atomic E-state index is 16.3. The number of H-pyrrole nitrogens is 1. The molecule has 1 aromatic heterocycles. The van der Waals surface area contributed by atoms with Crippen molar-refractivity contribution in [2.45, 2.75) is 233 Å². The summed E-state index contributed by atoms with van der Waals surface area (Å²) in [5.41, 5.74) is 34.4. The molecule has 0 spiro atoms. The Labute approximate surface area is 742 Å². The van der Waals surface area contributed by atoms with E-state index in [1.165, 1.54) is 41.5 Å². The summed E-state index contributed by atoms with van der Waals surface area (Å²) in [5, 5.41) is 59.5. The van der Waals surface area contributed by atoms with Crippen LogP contribution in [0.15, 0.2) is 91.1 Å². The predicted molar refractivity (Wildman–Crippen MR) is 474 cm³/mol. The van der Waals surface area contributed by atoms with Crippen molar-refractivity contribution in [1.82, 2.24) is 79.4 Å². The van der Waals surface area contributed by atoms with E-state index in [1.807, 2.05) is 25.1 Å². The van der Waals surface area contributed by atoms with E-state index in [4.69, 9.17) is 39.1 Å². The number of carbonyl (C=O) groups is 17. The molecule has 2 heterocycles. The summed E-state index contributed by atoms with van der Waals surface area (Å²) in [7, 11) is 1.76. The number of aliphatic hydroxyl groups is 2. The van der Waals surface area contributed by atoms with E-state index >= 15 is 28.8 Å². The second-order valence-electron chi connectivity index (χ2n) is 32.4. The Morgan fingerprint density at radius 1 is 0.583 bits per heavy atom. The maximum atomic E-state index is 16.3. The zero-order chi connectivity index (χ0) is 94.2. The molecule has 41 nitrogen and oxygen atoms in total. The van der Waals surface area contributed by atoms with Gasteiger partial charge in [-0.25, -0.2) is 4.79 Å². The molecular weight excluding hydrogens is 1690 g/mol. The lowest BCUT2D eigenvalue weighted by Gasteiger charge is -2.39. The van der Waals surface area contributed by atoms with Crippen LogP contribution in [0.1, 0.15) is 142 Å². The van der Waals surface area contributed by atoms with Crippen molar-refractivity contribution in [3.8, 4) is 5.75 Å². The second kappa shape index (κ2) is 49.1. The van der Waals surface area contributed by atoms with E-state index in [0.29, 0.717) is 38.7 Å². The largest absolute Gasteiger partial charge is 0.492 e. The van der Waals surface area contributed by atoms with Gasteiger partial charge in [0.25, 0.3) is 0 Å². The van der Waals surface area contributed by atoms with Gasteiger partial charge in [0.05, 0.1) is 25.6 Å². The van der Waals surface area contributed by atoms with Gasteiger partial charge in [0.15, 0.2) is 0 Å². The smallest absolute Gasteiger partial charge is 0.312 e. The van der Waals surface area contributed by atoms with Gasteiger partial charge in [-0.05, 0) is 152 Å². The summed E-state index contributed by atoms with van der Waals surface area (Å²) < 4.78 is 2.50. The molecule has 1 aliphatic rings. The van der Waals surface area contributed by atoms with Crippen LogP contribution in [-0.2, 0) is 96.0 Å². The summed E-state index contributed by atoms with van der Waals surface area (Å²) >= 11 is 0. The van der Waals surface area contributed by atoms with Crippen molar-refractivity contribution in [3.63, 3.8) is 0 Å². The number of rotatable bonds is 42. The molecule has 5 aromatic rings. The number of nitrogens with one attached hydrogen (secondary N) is 15. The highest BCUT2D eigenvalue weighted by Gasteiger charge is 2.47. The topological polar surface area (TPSA) is 680 Å². The normalized spacial score (nSPS) is 19.4. The molecule has 127 heavy (non-hydrogen) atoms. The Balaban J connectivity index is 1.54. The van der Waals surface area contributed by atoms with E-state index in [0.717, 1.165) is 46.4 Å². The molecule has 0 bridgehead atoms. The number of aliphatic hydroxyl groups excluding tert-OH is 2. The molecule has 1 saturated heterocycles. The Bertz CT molecular complexity index is 4760. The number of aromatic amines is 1. The van der Waals surface area contributed by atoms with Crippen LogP contribution in [0.3, 0.4) is 0 Å². The van der Waals surface area contributed by atoms with E-state index < -0.39 is 208 Å². The Morgan fingerprint density at radius 2 is 1.18 bits per heavy atom. The van der Waals surface area contributed by atoms with Crippen LogP contribution in [0.2, 0.25) is 0 Å². The molecule has 4 aromatic carbocycles. The van der Waals surface area contributed by atoms with Crippen molar-refractivity contribution in [2.75, 3.05) is 39.4 Å². The van der Waals surface area contributed by atoms with Crippen molar-refractivity contribution < 1.29 is 96.5 Å². The number of aryl methyl sites for hydroxylation is 1. The zero-order valence-corrected chi connectivity index (χ0v) is 74.2. The third-order valence-corrected chi connectivity index (χ3v) is 25.1. The average molecular weight is 1810 g/mol. The summed E-state index contributed by atoms with van der Waals surface area (Å²) in [6, 6.07) is 3.69. The fraction of sp³-hybridized carbons (Fsp3) is 0.512. The van der Waals surface area contributed by atoms with Crippen LogP contribution in [0.25, 0.3) is 21.7 Å². The van der Waals surface area contributed by atoms with Gasteiger partial charge in [-0.2, -0.15) is 0 Å². The predicted octanol–water partition coefficient (Wildman–Crippen LogP) is -3.33. The Morgan fingerprint density at radius 3 is 1.81 bits per heavy atom. The van der Waals surface area contributed by atoms with Gasteiger partial charge in [0, 0.05) is 79.3 Å². The van der Waals surface area contributed by atoms with Crippen LogP contribution in [0.4, 0.5) is 4.79 Å². The number of amides is 18. The molecule has 0 saturated carbocycles. The van der Waals surface area contributed by atoms with E-state index in [-0.39, 0.29) is 103 Å². The summed E-state index contributed by atoms with van der Waals surface area (Å²) in [4.78, 5) is 245. The van der Waals surface area contributed by atoms with Gasteiger partial charge >= 0.3 is 6.03 Å². The number of unbranched alkanes of at least 4 members (excludes halogenated alkanes) is 2. The van der Waals surface area contributed by atoms with Gasteiger partial charge in [-0.1, -0.05) is 94.4 Å². The lowest BCUT2D eigenvalue weighted by atomic mass is 9.91. The van der Waals surface area contributed by atoms with Crippen LogP contribution in [0.5, 0.6) is 5.75 Å². The van der Waals surface area contributed by atoms with Gasteiger partial charge in [-0.3, -0.25) is 76.7 Å². The monoisotopic (exact) mass is 1810 g/mol. The molecule has 29 N–H and O–H groups in total. The minimum atomic E-state index is -2.05. The summed E-state index contributed by atoms with van der Waals surface area (Å²) in [6.45, 7) is 12.0. The molecule has 1 aliphatic heterocycles. The first-order valence-electron chi connectivity index (χ1n) is 41.5. The highest BCUT2D eigenvalue weighted by atomic mass is 33.1. The molecule has 18 amide bonds. The van der Waals surface area contributed by atoms with Crippen molar-refractivity contribution in [3.05, 3.63) is 113 Å². The third kappa shape index (κ3) is 32.3. The Kier molecular flexibility index (Phi) is 40.0. The minimum absolute atomic E-state index is 0.102. The SMILES string of the molecule is CC(=O)NCCCC[C@H](NC(=O)C(C)(CCCCN)NC(=O)[C@H](Cc1ccc2ccccc2c1)NC(=O)[C@H](Cc1ccc(OCCN)cc1)NC(=O)[C@H]1NC(=O)[C@H](CCCNC(N)=O)NC(=O)[C@H](Cc2c[nH]c3c(C)cccc23)NC(=O)[C@H]([C@@H](C)O)NC(=O)[C@H](CC(N)=O)NC(=O)[C@@H](NC(C)=O)C(C)(C)SSC1(C)C)C(=O)N[C@@H](CC(N)=O)C(=O)N[C@H](CO)C(N)=O. The lowest BCUT2D eigenvalue weighted by molar-refractivity contribution is -0.138. The fourth-order valence-electron chi connectivity index (χ4n) is 13.9. The Hall–Kier alpha value is -12.2. The molecule has 1 unspecified atom stereocenters. The highest BCUT2D eigenvalue weighted by Crippen LogP contribution is 2.47. The second-order valence-corrected chi connectivity index (χ2v) is 35.9. The summed E-state index contributed by atoms with van der Waals surface area (Å²) in [5.74, 6) is -16.2. The lowest BCUT2D eigenvalue weighted by Crippen LogP contribution is -2.65. The first-order chi connectivity index (χ1) is 59.9. The molecule has 0 aliphatic carbocycles. The number of hydrogen-bond acceptors (Lipinski definition) is 24. The molecular formula is C84H121N21O20S2. The number of nitrogens with two attached hydrogens (primary N) is 6. The molecule has 694 valence electrons. The number of urea groups is 1. The highest BCUT2D eigenvalue weighted by molar-refractivity contribution is 8.77. The first-order valence-corrected chi connectivity index (χ1v) is 43.6. The number of primary amides is 4. The van der Waals surface area contributed by atoms with E-state index in [1.54, 1.807) is 72.9 Å². The third-order valence-electron chi connectivity index (χ3n) is 20.9. The first kappa shape index (κ1) is 104. The van der Waals surface area contributed by atoms with Crippen molar-refractivity contribution >= 4 is 144 Å². The van der Waals surface area contributed by atoms with E-state index in [9.17, 15) is 63.0 Å². The number of hydrogen-bond donors (Lipinski definition) is 23. The number of para-hydroxylation sites is 1. The van der Waals surface area contributed by atoms with Gasteiger partial charge in [0.2, 0.25) is 94.5 Å². The van der Waals surface area contributed by atoms with Crippen LogP contribution >= 0.6 is 21.6 Å². The zero-order valence-electron chi connectivity index (χ0n) is 72.5. The molecule has 13 atom stereocenters. The van der Waals surface area contributed by atoms with Crippen molar-refractivity contribution in [1.29, 1.82) is 0 Å². The average Bonchev–Trinajstić information content (AvgIpc) is 1.62. The van der Waals surface area contributed by atoms with Gasteiger partial charge in [0.1, 0.15) is 84.4 Å². The molecule has 1 fully saturated rings. The molecule has 0 radical (unpaired) electrons. The number of ether oxygens (including phenoxy) is 1. The summed E-state index contributed by atoms with van der Waals surface area (Å²) in [6.07, 6.45) is -3.11. The fourth-order valence-corrected chi connectivity index (χ4v) is 16.7. The number of aromatic nitrogens is 1. The van der Waals surface area contributed by atoms with E-state index in [2.05, 4.69) is 79.4 Å². The molecule has 43 heteroatoms. The van der Waals surface area contributed by atoms with Gasteiger partial charge < -0.3 is 129 Å². The minimum Gasteiger partial charge on any atom is -0.492 e. The van der Waals surface area contributed by atoms with Crippen molar-refractivity contribution in [2.24, 2.45) is 34.4 Å². The quantitative estimate of drug-likeness (QED) is 0.0134. The van der Waals surface area contributed by atoms with Crippen LogP contribution in [0, 0.1) is 6.92 Å².